The Labute approximate surface area is 136 Å². The normalized spacial score (nSPS) is 25.2. The first-order chi connectivity index (χ1) is 10.7. The van der Waals surface area contributed by atoms with E-state index in [0.29, 0.717) is 18.0 Å². The summed E-state index contributed by atoms with van der Waals surface area (Å²) in [6.45, 7) is 3.32. The number of carbonyl (C=O) groups excluding carboxylic acids is 1. The number of thiazole rings is 1. The lowest BCUT2D eigenvalue weighted by molar-refractivity contribution is 0.0893. The number of thiophene rings is 1. The molecule has 118 valence electrons. The van der Waals surface area contributed by atoms with Crippen LogP contribution in [0.3, 0.4) is 0 Å². The highest BCUT2D eigenvalue weighted by molar-refractivity contribution is 7.29. The molecule has 4 heterocycles. The molecule has 0 unspecified atom stereocenters. The van der Waals surface area contributed by atoms with Gasteiger partial charge in [-0.25, -0.2) is 4.98 Å². The fraction of sp³-hybridized carbons (Fsp3) is 0.571. The minimum atomic E-state index is -0.509. The van der Waals surface area contributed by atoms with Crippen LogP contribution in [0.25, 0.3) is 9.53 Å². The van der Waals surface area contributed by atoms with Crippen LogP contribution >= 0.6 is 22.7 Å². The number of aliphatic hydroxyl groups is 1. The van der Waals surface area contributed by atoms with Crippen LogP contribution in [0, 0.1) is 0 Å². The van der Waals surface area contributed by atoms with Crippen molar-refractivity contribution in [2.45, 2.75) is 25.0 Å². The van der Waals surface area contributed by atoms with Gasteiger partial charge in [0.05, 0.1) is 21.7 Å². The summed E-state index contributed by atoms with van der Waals surface area (Å²) >= 11 is 3.09. The first-order valence-electron chi connectivity index (χ1n) is 7.56. The molecule has 22 heavy (non-hydrogen) atoms. The highest BCUT2D eigenvalue weighted by atomic mass is 32.1. The Morgan fingerprint density at radius 1 is 1.36 bits per heavy atom. The molecule has 2 aliphatic rings. The van der Waals surface area contributed by atoms with Gasteiger partial charge in [-0.15, -0.1) is 11.3 Å². The summed E-state index contributed by atoms with van der Waals surface area (Å²) in [5, 5.41) is 16.8. The van der Waals surface area contributed by atoms with Crippen molar-refractivity contribution < 1.29 is 9.90 Å². The van der Waals surface area contributed by atoms with Crippen molar-refractivity contribution in [1.82, 2.24) is 15.6 Å². The quantitative estimate of drug-likeness (QED) is 0.779. The molecular formula is C14H18N4O2S2. The van der Waals surface area contributed by atoms with Gasteiger partial charge in [-0.1, -0.05) is 11.3 Å². The zero-order valence-electron chi connectivity index (χ0n) is 12.0. The maximum Gasteiger partial charge on any atom is 0.261 e. The molecule has 6 nitrogen and oxygen atoms in total. The number of amides is 1. The van der Waals surface area contributed by atoms with Gasteiger partial charge in [-0.05, 0) is 18.9 Å². The summed E-state index contributed by atoms with van der Waals surface area (Å²) in [6, 6.07) is 1.71. The van der Waals surface area contributed by atoms with Crippen molar-refractivity contribution in [1.29, 1.82) is 0 Å². The molecule has 3 N–H and O–H groups in total. The lowest BCUT2D eigenvalue weighted by atomic mass is 10.2. The van der Waals surface area contributed by atoms with Crippen LogP contribution in [0.2, 0.25) is 0 Å². The third kappa shape index (κ3) is 2.60. The molecule has 8 heteroatoms. The van der Waals surface area contributed by atoms with E-state index in [4.69, 9.17) is 0 Å². The third-order valence-corrected chi connectivity index (χ3v) is 6.40. The lowest BCUT2D eigenvalue weighted by Gasteiger charge is -2.14. The average Bonchev–Trinajstić information content (AvgIpc) is 3.20. The van der Waals surface area contributed by atoms with Crippen LogP contribution in [0.15, 0.2) is 6.07 Å². The molecule has 1 amide bonds. The zero-order chi connectivity index (χ0) is 15.1. The highest BCUT2D eigenvalue weighted by Crippen LogP contribution is 2.35. The van der Waals surface area contributed by atoms with E-state index in [1.54, 1.807) is 11.3 Å². The molecular weight excluding hydrogens is 320 g/mol. The van der Waals surface area contributed by atoms with Crippen molar-refractivity contribution in [3.8, 4) is 0 Å². The van der Waals surface area contributed by atoms with Gasteiger partial charge in [0.2, 0.25) is 0 Å². The van der Waals surface area contributed by atoms with Gasteiger partial charge in [0.1, 0.15) is 4.83 Å². The van der Waals surface area contributed by atoms with E-state index in [-0.39, 0.29) is 11.9 Å². The fourth-order valence-corrected chi connectivity index (χ4v) is 5.10. The van der Waals surface area contributed by atoms with Crippen molar-refractivity contribution in [2.75, 3.05) is 31.1 Å². The van der Waals surface area contributed by atoms with Crippen molar-refractivity contribution in [2.24, 2.45) is 0 Å². The number of anilines is 1. The molecule has 0 radical (unpaired) electrons. The molecule has 2 fully saturated rings. The topological polar surface area (TPSA) is 77.5 Å². The summed E-state index contributed by atoms with van der Waals surface area (Å²) < 4.78 is 1.07. The molecule has 4 rings (SSSR count). The first kappa shape index (κ1) is 14.4. The van der Waals surface area contributed by atoms with Crippen molar-refractivity contribution in [3.63, 3.8) is 0 Å². The number of β-amino-alcohol motifs (C(OH)–C–C–N with tert-alkyl or cyclic N) is 1. The highest BCUT2D eigenvalue weighted by Gasteiger charge is 2.27. The number of carbonyl (C=O) groups is 1. The second-order valence-electron chi connectivity index (χ2n) is 5.78. The number of hydrogen-bond donors (Lipinski definition) is 3. The number of nitrogens with zero attached hydrogens (tertiary/aromatic N) is 2. The molecule has 2 atom stereocenters. The van der Waals surface area contributed by atoms with Gasteiger partial charge in [0.15, 0.2) is 5.13 Å². The summed E-state index contributed by atoms with van der Waals surface area (Å²) in [6.07, 6.45) is 1.96. The predicted molar refractivity (Wildman–Crippen MR) is 89.1 cm³/mol. The van der Waals surface area contributed by atoms with Crippen LogP contribution < -0.4 is 15.5 Å². The van der Waals surface area contributed by atoms with E-state index in [1.165, 1.54) is 24.2 Å². The molecule has 2 saturated heterocycles. The summed E-state index contributed by atoms with van der Waals surface area (Å²) in [4.78, 5) is 20.9. The molecule has 2 aromatic heterocycles. The molecule has 0 bridgehead atoms. The molecule has 0 aliphatic carbocycles. The third-order valence-electron chi connectivity index (χ3n) is 4.18. The summed E-state index contributed by atoms with van der Waals surface area (Å²) in [7, 11) is 0. The van der Waals surface area contributed by atoms with E-state index < -0.39 is 6.10 Å². The smallest absolute Gasteiger partial charge is 0.261 e. The van der Waals surface area contributed by atoms with Crippen LogP contribution in [0.5, 0.6) is 0 Å². The number of hydrogen-bond acceptors (Lipinski definition) is 7. The average molecular weight is 338 g/mol. The van der Waals surface area contributed by atoms with Gasteiger partial charge >= 0.3 is 0 Å². The molecule has 2 aliphatic heterocycles. The predicted octanol–water partition coefficient (Wildman–Crippen LogP) is 1.02. The Morgan fingerprint density at radius 2 is 2.18 bits per heavy atom. The van der Waals surface area contributed by atoms with E-state index in [1.807, 2.05) is 6.07 Å². The fourth-order valence-electron chi connectivity index (χ4n) is 2.93. The molecule has 0 spiro atoms. The number of fused-ring (bicyclic) bond motifs is 1. The number of aromatic nitrogens is 1. The van der Waals surface area contributed by atoms with Gasteiger partial charge in [0.25, 0.3) is 5.91 Å². The second kappa shape index (κ2) is 5.77. The van der Waals surface area contributed by atoms with Crippen LogP contribution in [-0.2, 0) is 0 Å². The van der Waals surface area contributed by atoms with Crippen LogP contribution in [-0.4, -0.2) is 54.3 Å². The SMILES string of the molecule is O=C(N[C@@H]1CNC[C@H]1O)c1cc2sc(N3CCCC3)nc2s1. The van der Waals surface area contributed by atoms with E-state index >= 15 is 0 Å². The second-order valence-corrected chi connectivity index (χ2v) is 7.82. The number of nitrogens with one attached hydrogen (secondary N) is 2. The number of aliphatic hydroxyl groups excluding tert-OH is 1. The Bertz CT molecular complexity index is 661. The zero-order valence-corrected chi connectivity index (χ0v) is 13.7. The maximum absolute atomic E-state index is 12.3. The van der Waals surface area contributed by atoms with Crippen molar-refractivity contribution >= 4 is 43.2 Å². The lowest BCUT2D eigenvalue weighted by Crippen LogP contribution is -2.42. The van der Waals surface area contributed by atoms with Crippen LogP contribution in [0.1, 0.15) is 22.5 Å². The molecule has 0 aromatic carbocycles. The standard InChI is InChI=1S/C14H18N4O2S2/c19-9-7-15-6-8(9)16-12(20)10-5-11-13(21-10)17-14(22-11)18-3-1-2-4-18/h5,8-9,15,19H,1-4,6-7H2,(H,16,20)/t8-,9-/m1/s1. The largest absolute Gasteiger partial charge is 0.390 e. The van der Waals surface area contributed by atoms with Crippen molar-refractivity contribution in [3.05, 3.63) is 10.9 Å². The number of rotatable bonds is 3. The summed E-state index contributed by atoms with van der Waals surface area (Å²) in [5.74, 6) is -0.120. The van der Waals surface area contributed by atoms with E-state index in [2.05, 4.69) is 20.5 Å². The monoisotopic (exact) mass is 338 g/mol. The molecule has 0 saturated carbocycles. The van der Waals surface area contributed by atoms with E-state index in [0.717, 1.165) is 27.8 Å². The Balaban J connectivity index is 1.50. The van der Waals surface area contributed by atoms with Crippen LogP contribution in [0.4, 0.5) is 5.13 Å². The Kier molecular flexibility index (Phi) is 3.77. The summed E-state index contributed by atoms with van der Waals surface area (Å²) in [5.41, 5.74) is 0. The Hall–Kier alpha value is -1.22. The van der Waals surface area contributed by atoms with Gasteiger partial charge in [0, 0.05) is 26.2 Å². The first-order valence-corrected chi connectivity index (χ1v) is 9.19. The van der Waals surface area contributed by atoms with Gasteiger partial charge < -0.3 is 20.6 Å². The van der Waals surface area contributed by atoms with Gasteiger partial charge in [-0.2, -0.15) is 0 Å². The maximum atomic E-state index is 12.3. The molecule has 2 aromatic rings. The minimum absolute atomic E-state index is 0.120. The van der Waals surface area contributed by atoms with Gasteiger partial charge in [-0.3, -0.25) is 4.79 Å². The van der Waals surface area contributed by atoms with E-state index in [9.17, 15) is 9.90 Å². The Morgan fingerprint density at radius 3 is 2.86 bits per heavy atom. The minimum Gasteiger partial charge on any atom is -0.390 e.